The Morgan fingerprint density at radius 3 is 2.74 bits per heavy atom. The molecule has 0 fully saturated rings. The van der Waals surface area contributed by atoms with Crippen molar-refractivity contribution in [2.24, 2.45) is 0 Å². The lowest BCUT2D eigenvalue weighted by Gasteiger charge is -2.18. The number of H-pyrrole nitrogens is 1. The fraction of sp³-hybridized carbons (Fsp3) is 0.345. The number of aromatic amines is 1. The van der Waals surface area contributed by atoms with Crippen molar-refractivity contribution < 1.29 is 10.2 Å². The summed E-state index contributed by atoms with van der Waals surface area (Å²) < 4.78 is 0. The van der Waals surface area contributed by atoms with E-state index in [0.717, 1.165) is 65.8 Å². The van der Waals surface area contributed by atoms with Gasteiger partial charge in [-0.3, -0.25) is 4.98 Å². The highest BCUT2D eigenvalue weighted by Gasteiger charge is 2.24. The maximum Gasteiger partial charge on any atom is 0.0966 e. The highest BCUT2D eigenvalue weighted by atomic mass is 16.3. The topological polar surface area (TPSA) is 81.2 Å². The molecule has 4 N–H and O–H groups in total. The van der Waals surface area contributed by atoms with Gasteiger partial charge in [0.25, 0.3) is 0 Å². The van der Waals surface area contributed by atoms with Crippen molar-refractivity contribution in [2.45, 2.75) is 64.6 Å². The van der Waals surface area contributed by atoms with Gasteiger partial charge < -0.3 is 20.5 Å². The third-order valence-corrected chi connectivity index (χ3v) is 7.05. The molecule has 176 valence electrons. The van der Waals surface area contributed by atoms with Gasteiger partial charge in [0, 0.05) is 34.7 Å². The van der Waals surface area contributed by atoms with Crippen molar-refractivity contribution in [3.8, 4) is 0 Å². The zero-order chi connectivity index (χ0) is 23.9. The Morgan fingerprint density at radius 1 is 1.12 bits per heavy atom. The van der Waals surface area contributed by atoms with Crippen LogP contribution < -0.4 is 5.32 Å². The number of fused-ring (bicyclic) bond motifs is 2. The SMILES string of the molecule is Cc1cc(Nc2ccnc3c2CCC3O)ccc1CCCc1c[nH]c2c(C(C)(C)O)cccc12. The van der Waals surface area contributed by atoms with Gasteiger partial charge in [-0.2, -0.15) is 0 Å². The van der Waals surface area contributed by atoms with Gasteiger partial charge in [0.05, 0.1) is 22.9 Å². The standard InChI is InChI=1S/C29H33N3O2/c1-18-16-21(32-25-14-15-30-28-23(25)12-13-26(28)33)11-10-19(18)6-4-7-20-17-31-27-22(20)8-5-9-24(27)29(2,3)34/h5,8-11,14-17,26,31,33-34H,4,6-7,12-13H2,1-3H3,(H,30,32). The van der Waals surface area contributed by atoms with Crippen LogP contribution >= 0.6 is 0 Å². The van der Waals surface area contributed by atoms with E-state index in [2.05, 4.69) is 52.7 Å². The molecule has 0 amide bonds. The third kappa shape index (κ3) is 4.33. The normalized spacial score (nSPS) is 15.6. The molecule has 4 aromatic rings. The number of aryl methyl sites for hydroxylation is 3. The molecule has 34 heavy (non-hydrogen) atoms. The molecule has 1 aliphatic carbocycles. The molecule has 1 unspecified atom stereocenters. The number of benzene rings is 2. The van der Waals surface area contributed by atoms with Crippen molar-refractivity contribution in [1.82, 2.24) is 9.97 Å². The smallest absolute Gasteiger partial charge is 0.0966 e. The molecule has 2 aromatic heterocycles. The van der Waals surface area contributed by atoms with E-state index in [1.54, 1.807) is 6.20 Å². The lowest BCUT2D eigenvalue weighted by atomic mass is 9.94. The van der Waals surface area contributed by atoms with Crippen LogP contribution in [-0.2, 0) is 24.9 Å². The number of pyridine rings is 1. The average Bonchev–Trinajstić information content (AvgIpc) is 3.39. The molecule has 0 aliphatic heterocycles. The Balaban J connectivity index is 1.26. The Kier molecular flexibility index (Phi) is 5.92. The molecule has 0 saturated heterocycles. The lowest BCUT2D eigenvalue weighted by Crippen LogP contribution is -2.15. The first-order chi connectivity index (χ1) is 16.3. The number of aliphatic hydroxyl groups excluding tert-OH is 1. The number of nitrogens with one attached hydrogen (secondary N) is 2. The number of nitrogens with zero attached hydrogens (tertiary/aromatic N) is 1. The zero-order valence-corrected chi connectivity index (χ0v) is 20.2. The molecule has 1 aliphatic rings. The van der Waals surface area contributed by atoms with Crippen LogP contribution in [-0.4, -0.2) is 20.2 Å². The van der Waals surface area contributed by atoms with Crippen LogP contribution in [0, 0.1) is 6.92 Å². The molecule has 0 bridgehead atoms. The van der Waals surface area contributed by atoms with Crippen molar-refractivity contribution in [2.75, 3.05) is 5.32 Å². The van der Waals surface area contributed by atoms with E-state index in [0.29, 0.717) is 0 Å². The van der Waals surface area contributed by atoms with Crippen LogP contribution in [0.15, 0.2) is 54.9 Å². The minimum absolute atomic E-state index is 0.445. The van der Waals surface area contributed by atoms with Gasteiger partial charge in [0.1, 0.15) is 0 Å². The van der Waals surface area contributed by atoms with Gasteiger partial charge in [0.2, 0.25) is 0 Å². The van der Waals surface area contributed by atoms with Gasteiger partial charge in [-0.15, -0.1) is 0 Å². The largest absolute Gasteiger partial charge is 0.387 e. The van der Waals surface area contributed by atoms with E-state index < -0.39 is 11.7 Å². The maximum absolute atomic E-state index is 10.5. The molecule has 0 spiro atoms. The second-order valence-corrected chi connectivity index (χ2v) is 10.00. The number of rotatable bonds is 7. The minimum Gasteiger partial charge on any atom is -0.387 e. The Hall–Kier alpha value is -3.15. The number of aliphatic hydroxyl groups is 2. The third-order valence-electron chi connectivity index (χ3n) is 7.05. The summed E-state index contributed by atoms with van der Waals surface area (Å²) in [6.45, 7) is 5.83. The molecule has 5 nitrogen and oxygen atoms in total. The van der Waals surface area contributed by atoms with Crippen LogP contribution in [0.1, 0.15) is 66.3 Å². The van der Waals surface area contributed by atoms with Crippen molar-refractivity contribution in [1.29, 1.82) is 0 Å². The molecule has 5 rings (SSSR count). The fourth-order valence-corrected chi connectivity index (χ4v) is 5.20. The lowest BCUT2D eigenvalue weighted by molar-refractivity contribution is 0.0800. The van der Waals surface area contributed by atoms with E-state index >= 15 is 0 Å². The molecule has 1 atom stereocenters. The van der Waals surface area contributed by atoms with Crippen LogP contribution in [0.5, 0.6) is 0 Å². The first-order valence-corrected chi connectivity index (χ1v) is 12.2. The van der Waals surface area contributed by atoms with Gasteiger partial charge in [0.15, 0.2) is 0 Å². The number of aromatic nitrogens is 2. The molecule has 0 radical (unpaired) electrons. The molecular weight excluding hydrogens is 422 g/mol. The highest BCUT2D eigenvalue weighted by molar-refractivity contribution is 5.86. The van der Waals surface area contributed by atoms with Gasteiger partial charge >= 0.3 is 0 Å². The second-order valence-electron chi connectivity index (χ2n) is 10.00. The van der Waals surface area contributed by atoms with E-state index in [1.807, 2.05) is 32.0 Å². The average molecular weight is 456 g/mol. The maximum atomic E-state index is 10.5. The molecule has 5 heteroatoms. The Bertz CT molecular complexity index is 1330. The van der Waals surface area contributed by atoms with Crippen LogP contribution in [0.25, 0.3) is 10.9 Å². The predicted molar refractivity (Wildman–Crippen MR) is 138 cm³/mol. The van der Waals surface area contributed by atoms with Crippen LogP contribution in [0.4, 0.5) is 11.4 Å². The predicted octanol–water partition coefficient (Wildman–Crippen LogP) is 6.00. The molecular formula is C29H33N3O2. The second kappa shape index (κ2) is 8.90. The fourth-order valence-electron chi connectivity index (χ4n) is 5.20. The summed E-state index contributed by atoms with van der Waals surface area (Å²) in [6, 6.07) is 14.7. The summed E-state index contributed by atoms with van der Waals surface area (Å²) in [7, 11) is 0. The summed E-state index contributed by atoms with van der Waals surface area (Å²) in [6.07, 6.45) is 8.07. The van der Waals surface area contributed by atoms with Crippen molar-refractivity contribution in [3.63, 3.8) is 0 Å². The van der Waals surface area contributed by atoms with E-state index in [4.69, 9.17) is 0 Å². The summed E-state index contributed by atoms with van der Waals surface area (Å²) >= 11 is 0. The van der Waals surface area contributed by atoms with Crippen LogP contribution in [0.3, 0.4) is 0 Å². The summed E-state index contributed by atoms with van der Waals surface area (Å²) in [5.41, 5.74) is 9.07. The van der Waals surface area contributed by atoms with Gasteiger partial charge in [-0.25, -0.2) is 0 Å². The molecule has 2 aromatic carbocycles. The Labute approximate surface area is 200 Å². The quantitative estimate of drug-likeness (QED) is 0.276. The number of anilines is 2. The number of hydrogen-bond donors (Lipinski definition) is 4. The van der Waals surface area contributed by atoms with Gasteiger partial charge in [-0.05, 0) is 93.3 Å². The number of hydrogen-bond acceptors (Lipinski definition) is 4. The minimum atomic E-state index is -0.870. The van der Waals surface area contributed by atoms with Crippen molar-refractivity contribution in [3.05, 3.63) is 88.4 Å². The Morgan fingerprint density at radius 2 is 1.94 bits per heavy atom. The van der Waals surface area contributed by atoms with E-state index in [-0.39, 0.29) is 0 Å². The summed E-state index contributed by atoms with van der Waals surface area (Å²) in [4.78, 5) is 7.75. The monoisotopic (exact) mass is 455 g/mol. The van der Waals surface area contributed by atoms with Crippen LogP contribution in [0.2, 0.25) is 0 Å². The van der Waals surface area contributed by atoms with Gasteiger partial charge in [-0.1, -0.05) is 24.3 Å². The summed E-state index contributed by atoms with van der Waals surface area (Å²) in [5.74, 6) is 0. The summed E-state index contributed by atoms with van der Waals surface area (Å²) in [5, 5.41) is 25.3. The molecule has 2 heterocycles. The van der Waals surface area contributed by atoms with E-state index in [1.165, 1.54) is 22.1 Å². The first-order valence-electron chi connectivity index (χ1n) is 12.2. The highest BCUT2D eigenvalue weighted by Crippen LogP contribution is 2.35. The van der Waals surface area contributed by atoms with Crippen molar-refractivity contribution >= 4 is 22.3 Å². The van der Waals surface area contributed by atoms with E-state index in [9.17, 15) is 10.2 Å². The first kappa shape index (κ1) is 22.6. The zero-order valence-electron chi connectivity index (χ0n) is 20.2. The molecule has 0 saturated carbocycles. The number of para-hydroxylation sites is 1.